The molecule has 1 aromatic carbocycles. The summed E-state index contributed by atoms with van der Waals surface area (Å²) in [5.74, 6) is 0.189. The Morgan fingerprint density at radius 3 is 3.05 bits per heavy atom. The van der Waals surface area contributed by atoms with Gasteiger partial charge in [-0.25, -0.2) is 9.07 Å². The number of ether oxygens (including phenoxy) is 1. The number of benzene rings is 1. The summed E-state index contributed by atoms with van der Waals surface area (Å²) >= 11 is 0. The van der Waals surface area contributed by atoms with Gasteiger partial charge < -0.3 is 10.5 Å². The normalized spacial score (nSPS) is 18.8. The van der Waals surface area contributed by atoms with E-state index in [9.17, 15) is 4.39 Å². The van der Waals surface area contributed by atoms with Crippen LogP contribution in [0.15, 0.2) is 18.2 Å². The van der Waals surface area contributed by atoms with E-state index in [0.29, 0.717) is 23.6 Å². The Hall–Kier alpha value is -2.02. The summed E-state index contributed by atoms with van der Waals surface area (Å²) in [7, 11) is 0. The molecule has 0 radical (unpaired) electrons. The first kappa shape index (κ1) is 13.9. The molecule has 112 valence electrons. The van der Waals surface area contributed by atoms with Crippen molar-refractivity contribution in [2.24, 2.45) is 0 Å². The van der Waals surface area contributed by atoms with E-state index < -0.39 is 0 Å². The fraction of sp³-hybridized carbons (Fsp3) is 0.500. The molecule has 1 atom stereocenters. The molecule has 21 heavy (non-hydrogen) atoms. The maximum atomic E-state index is 13.1. The van der Waals surface area contributed by atoms with Crippen molar-refractivity contribution in [1.29, 1.82) is 0 Å². The predicted octanol–water partition coefficient (Wildman–Crippen LogP) is 2.02. The van der Waals surface area contributed by atoms with Crippen molar-refractivity contribution in [2.75, 3.05) is 12.3 Å². The van der Waals surface area contributed by atoms with Crippen LogP contribution in [-0.2, 0) is 11.3 Å². The lowest BCUT2D eigenvalue weighted by Gasteiger charge is -2.22. The van der Waals surface area contributed by atoms with Crippen molar-refractivity contribution in [1.82, 2.24) is 20.2 Å². The van der Waals surface area contributed by atoms with Crippen LogP contribution < -0.4 is 5.73 Å². The summed E-state index contributed by atoms with van der Waals surface area (Å²) in [5.41, 5.74) is 6.82. The summed E-state index contributed by atoms with van der Waals surface area (Å²) in [6.45, 7) is 1.49. The fourth-order valence-electron chi connectivity index (χ4n) is 2.59. The first-order valence-corrected chi connectivity index (χ1v) is 7.17. The number of nitrogen functional groups attached to an aromatic ring is 1. The van der Waals surface area contributed by atoms with Gasteiger partial charge in [0.25, 0.3) is 0 Å². The van der Waals surface area contributed by atoms with E-state index >= 15 is 0 Å². The SMILES string of the molecule is Nc1cc(F)ccc1-c1nnnn1CCC1CCCCO1. The lowest BCUT2D eigenvalue weighted by atomic mass is 10.1. The smallest absolute Gasteiger partial charge is 0.184 e. The van der Waals surface area contributed by atoms with Crippen LogP contribution >= 0.6 is 0 Å². The monoisotopic (exact) mass is 291 g/mol. The predicted molar refractivity (Wildman–Crippen MR) is 75.8 cm³/mol. The molecule has 0 bridgehead atoms. The first-order valence-electron chi connectivity index (χ1n) is 7.17. The van der Waals surface area contributed by atoms with Crippen molar-refractivity contribution in [2.45, 2.75) is 38.3 Å². The Labute approximate surface area is 122 Å². The van der Waals surface area contributed by atoms with Crippen LogP contribution in [0.2, 0.25) is 0 Å². The van der Waals surface area contributed by atoms with E-state index in [4.69, 9.17) is 10.5 Å². The second-order valence-electron chi connectivity index (χ2n) is 5.23. The maximum absolute atomic E-state index is 13.1. The quantitative estimate of drug-likeness (QED) is 0.872. The molecule has 2 N–H and O–H groups in total. The van der Waals surface area contributed by atoms with Gasteiger partial charge in [0.15, 0.2) is 5.82 Å². The zero-order chi connectivity index (χ0) is 14.7. The average Bonchev–Trinajstić information content (AvgIpc) is 2.94. The van der Waals surface area contributed by atoms with Crippen LogP contribution in [0.4, 0.5) is 10.1 Å². The van der Waals surface area contributed by atoms with Gasteiger partial charge in [-0.3, -0.25) is 0 Å². The van der Waals surface area contributed by atoms with Crippen molar-refractivity contribution in [3.05, 3.63) is 24.0 Å². The number of hydrogen-bond acceptors (Lipinski definition) is 5. The average molecular weight is 291 g/mol. The molecule has 1 unspecified atom stereocenters. The minimum absolute atomic E-state index is 0.265. The van der Waals surface area contributed by atoms with Gasteiger partial charge in [-0.1, -0.05) is 0 Å². The topological polar surface area (TPSA) is 78.9 Å². The summed E-state index contributed by atoms with van der Waals surface area (Å²) in [5, 5.41) is 11.7. The number of aryl methyl sites for hydroxylation is 1. The van der Waals surface area contributed by atoms with Gasteiger partial charge >= 0.3 is 0 Å². The molecule has 0 amide bonds. The van der Waals surface area contributed by atoms with Gasteiger partial charge in [0.2, 0.25) is 0 Å². The highest BCUT2D eigenvalue weighted by Crippen LogP contribution is 2.24. The van der Waals surface area contributed by atoms with Gasteiger partial charge in [0.1, 0.15) is 5.82 Å². The van der Waals surface area contributed by atoms with Gasteiger partial charge in [-0.15, -0.1) is 5.10 Å². The molecular formula is C14H18FN5O. The molecule has 0 aliphatic carbocycles. The standard InChI is InChI=1S/C14H18FN5O/c15-10-4-5-12(13(16)9-10)14-17-18-19-20(14)7-6-11-3-1-2-8-21-11/h4-5,9,11H,1-3,6-8,16H2. The first-order chi connectivity index (χ1) is 10.2. The second kappa shape index (κ2) is 6.17. The van der Waals surface area contributed by atoms with E-state index in [1.807, 2.05) is 0 Å². The van der Waals surface area contributed by atoms with Gasteiger partial charge in [-0.2, -0.15) is 0 Å². The van der Waals surface area contributed by atoms with Crippen molar-refractivity contribution in [3.8, 4) is 11.4 Å². The summed E-state index contributed by atoms with van der Waals surface area (Å²) in [6, 6.07) is 4.23. The number of hydrogen-bond donors (Lipinski definition) is 1. The lowest BCUT2D eigenvalue weighted by Crippen LogP contribution is -2.21. The van der Waals surface area contributed by atoms with Crippen LogP contribution in [0, 0.1) is 5.82 Å². The van der Waals surface area contributed by atoms with E-state index in [0.717, 1.165) is 25.9 Å². The molecule has 7 heteroatoms. The largest absolute Gasteiger partial charge is 0.398 e. The minimum atomic E-state index is -0.370. The number of rotatable bonds is 4. The third-order valence-electron chi connectivity index (χ3n) is 3.72. The Bertz CT molecular complexity index is 609. The number of nitrogens with two attached hydrogens (primary N) is 1. The zero-order valence-electron chi connectivity index (χ0n) is 11.7. The number of nitrogens with zero attached hydrogens (tertiary/aromatic N) is 4. The Morgan fingerprint density at radius 1 is 1.38 bits per heavy atom. The minimum Gasteiger partial charge on any atom is -0.398 e. The molecule has 0 saturated carbocycles. The highest BCUT2D eigenvalue weighted by atomic mass is 19.1. The molecule has 0 spiro atoms. The van der Waals surface area contributed by atoms with Gasteiger partial charge in [0.05, 0.1) is 6.10 Å². The Kier molecular flexibility index (Phi) is 4.10. The van der Waals surface area contributed by atoms with Crippen LogP contribution in [0.1, 0.15) is 25.7 Å². The molecule has 2 aromatic rings. The molecule has 1 aliphatic rings. The van der Waals surface area contributed by atoms with E-state index in [1.54, 1.807) is 10.7 Å². The molecule has 1 aromatic heterocycles. The molecular weight excluding hydrogens is 273 g/mol. The molecule has 6 nitrogen and oxygen atoms in total. The number of halogens is 1. The highest BCUT2D eigenvalue weighted by molar-refractivity contribution is 5.71. The van der Waals surface area contributed by atoms with Crippen LogP contribution in [-0.4, -0.2) is 32.9 Å². The molecule has 2 heterocycles. The summed E-state index contributed by atoms with van der Waals surface area (Å²) < 4.78 is 20.5. The lowest BCUT2D eigenvalue weighted by molar-refractivity contribution is 0.00828. The highest BCUT2D eigenvalue weighted by Gasteiger charge is 2.17. The Balaban J connectivity index is 1.74. The van der Waals surface area contributed by atoms with E-state index in [1.165, 1.54) is 18.6 Å². The second-order valence-corrected chi connectivity index (χ2v) is 5.23. The molecule has 1 aliphatic heterocycles. The summed E-state index contributed by atoms with van der Waals surface area (Å²) in [6.07, 6.45) is 4.55. The van der Waals surface area contributed by atoms with Crippen LogP contribution in [0.3, 0.4) is 0 Å². The van der Waals surface area contributed by atoms with E-state index in [-0.39, 0.29) is 11.9 Å². The van der Waals surface area contributed by atoms with Crippen molar-refractivity contribution >= 4 is 5.69 Å². The van der Waals surface area contributed by atoms with Crippen molar-refractivity contribution < 1.29 is 9.13 Å². The van der Waals surface area contributed by atoms with Gasteiger partial charge in [0, 0.05) is 24.4 Å². The molecule has 1 fully saturated rings. The fourth-order valence-corrected chi connectivity index (χ4v) is 2.59. The summed E-state index contributed by atoms with van der Waals surface area (Å²) in [4.78, 5) is 0. The maximum Gasteiger partial charge on any atom is 0.184 e. The number of aromatic nitrogens is 4. The van der Waals surface area contributed by atoms with Gasteiger partial charge in [-0.05, 0) is 54.3 Å². The van der Waals surface area contributed by atoms with Crippen molar-refractivity contribution in [3.63, 3.8) is 0 Å². The number of anilines is 1. The number of tetrazole rings is 1. The Morgan fingerprint density at radius 2 is 2.29 bits per heavy atom. The zero-order valence-corrected chi connectivity index (χ0v) is 11.7. The molecule has 1 saturated heterocycles. The van der Waals surface area contributed by atoms with Crippen LogP contribution in [0.5, 0.6) is 0 Å². The third kappa shape index (κ3) is 3.18. The molecule has 3 rings (SSSR count). The van der Waals surface area contributed by atoms with E-state index in [2.05, 4.69) is 15.5 Å². The third-order valence-corrected chi connectivity index (χ3v) is 3.72. The van der Waals surface area contributed by atoms with Crippen LogP contribution in [0.25, 0.3) is 11.4 Å².